The minimum Gasteiger partial charge on any atom is -0.444 e. The Morgan fingerprint density at radius 3 is 2.79 bits per heavy atom. The maximum atomic E-state index is 12.2. The molecule has 110 valence electrons. The zero-order chi connectivity index (χ0) is 13.9. The standard InChI is InChI=1S/C13H24N2O4/c1-12(2,3)19-11(16)15-5-7-17-10-13(9-15)8-14-4-6-18-13/h14H,4-10H2,1-3H3/t13-/m1/s1. The molecule has 6 heteroatoms. The Morgan fingerprint density at radius 1 is 1.37 bits per heavy atom. The van der Waals surface area contributed by atoms with E-state index in [1.807, 2.05) is 20.8 Å². The second-order valence-electron chi connectivity index (χ2n) is 6.16. The van der Waals surface area contributed by atoms with Gasteiger partial charge in [0.2, 0.25) is 0 Å². The maximum absolute atomic E-state index is 12.2. The zero-order valence-corrected chi connectivity index (χ0v) is 12.0. The summed E-state index contributed by atoms with van der Waals surface area (Å²) >= 11 is 0. The largest absolute Gasteiger partial charge is 0.444 e. The first kappa shape index (κ1) is 14.6. The molecule has 2 aliphatic heterocycles. The van der Waals surface area contributed by atoms with Crippen LogP contribution in [0, 0.1) is 0 Å². The first-order chi connectivity index (χ1) is 8.90. The van der Waals surface area contributed by atoms with E-state index in [4.69, 9.17) is 14.2 Å². The Balaban J connectivity index is 2.01. The van der Waals surface area contributed by atoms with Gasteiger partial charge in [-0.2, -0.15) is 0 Å². The lowest BCUT2D eigenvalue weighted by Crippen LogP contribution is -2.58. The number of carbonyl (C=O) groups is 1. The summed E-state index contributed by atoms with van der Waals surface area (Å²) in [5, 5.41) is 3.30. The summed E-state index contributed by atoms with van der Waals surface area (Å²) in [6.07, 6.45) is -0.299. The molecule has 2 rings (SSSR count). The van der Waals surface area contributed by atoms with Gasteiger partial charge in [-0.05, 0) is 20.8 Å². The van der Waals surface area contributed by atoms with Crippen LogP contribution in [0.2, 0.25) is 0 Å². The van der Waals surface area contributed by atoms with E-state index in [-0.39, 0.29) is 6.09 Å². The quantitative estimate of drug-likeness (QED) is 0.700. The number of nitrogens with one attached hydrogen (secondary N) is 1. The SMILES string of the molecule is CC(C)(C)OC(=O)N1CCOC[C@@]2(CNCCO2)C1. The molecular weight excluding hydrogens is 248 g/mol. The second kappa shape index (κ2) is 5.64. The van der Waals surface area contributed by atoms with Crippen LogP contribution < -0.4 is 5.32 Å². The smallest absolute Gasteiger partial charge is 0.410 e. The van der Waals surface area contributed by atoms with Crippen molar-refractivity contribution in [3.63, 3.8) is 0 Å². The van der Waals surface area contributed by atoms with Gasteiger partial charge in [-0.25, -0.2) is 4.79 Å². The second-order valence-corrected chi connectivity index (χ2v) is 6.16. The summed E-state index contributed by atoms with van der Waals surface area (Å²) in [6, 6.07) is 0. The fraction of sp³-hybridized carbons (Fsp3) is 0.923. The number of nitrogens with zero attached hydrogens (tertiary/aromatic N) is 1. The number of amides is 1. The predicted octanol–water partition coefficient (Wildman–Crippen LogP) is 0.612. The lowest BCUT2D eigenvalue weighted by atomic mass is 10.0. The molecule has 2 heterocycles. The van der Waals surface area contributed by atoms with E-state index in [1.165, 1.54) is 0 Å². The maximum Gasteiger partial charge on any atom is 0.410 e. The Hall–Kier alpha value is -0.850. The monoisotopic (exact) mass is 272 g/mol. The zero-order valence-electron chi connectivity index (χ0n) is 12.0. The highest BCUT2D eigenvalue weighted by Gasteiger charge is 2.39. The molecule has 2 fully saturated rings. The van der Waals surface area contributed by atoms with Crippen LogP contribution in [-0.4, -0.2) is 68.2 Å². The molecule has 0 saturated carbocycles. The number of hydrogen-bond donors (Lipinski definition) is 1. The van der Waals surface area contributed by atoms with E-state index in [0.29, 0.717) is 39.5 Å². The van der Waals surface area contributed by atoms with Crippen molar-refractivity contribution < 1.29 is 19.0 Å². The normalized spacial score (nSPS) is 29.1. The number of morpholine rings is 1. The molecule has 1 atom stereocenters. The number of hydrogen-bond acceptors (Lipinski definition) is 5. The van der Waals surface area contributed by atoms with Crippen LogP contribution in [0.3, 0.4) is 0 Å². The molecule has 2 saturated heterocycles. The van der Waals surface area contributed by atoms with Crippen LogP contribution in [0.1, 0.15) is 20.8 Å². The molecule has 0 aromatic carbocycles. The lowest BCUT2D eigenvalue weighted by molar-refractivity contribution is -0.107. The molecule has 0 aromatic rings. The van der Waals surface area contributed by atoms with Crippen LogP contribution in [-0.2, 0) is 14.2 Å². The molecule has 6 nitrogen and oxygen atoms in total. The minimum atomic E-state index is -0.483. The highest BCUT2D eigenvalue weighted by molar-refractivity contribution is 5.68. The van der Waals surface area contributed by atoms with Gasteiger partial charge >= 0.3 is 6.09 Å². The van der Waals surface area contributed by atoms with Gasteiger partial charge in [0.05, 0.1) is 26.4 Å². The summed E-state index contributed by atoms with van der Waals surface area (Å²) in [6.45, 7) is 9.87. The van der Waals surface area contributed by atoms with Crippen molar-refractivity contribution in [1.29, 1.82) is 0 Å². The van der Waals surface area contributed by atoms with Crippen molar-refractivity contribution in [3.05, 3.63) is 0 Å². The fourth-order valence-corrected chi connectivity index (χ4v) is 2.29. The summed E-state index contributed by atoms with van der Waals surface area (Å²) in [5.41, 5.74) is -0.922. The Labute approximate surface area is 114 Å². The average Bonchev–Trinajstić information content (AvgIpc) is 2.51. The van der Waals surface area contributed by atoms with Crippen LogP contribution in [0.15, 0.2) is 0 Å². The van der Waals surface area contributed by atoms with E-state index in [1.54, 1.807) is 4.90 Å². The highest BCUT2D eigenvalue weighted by atomic mass is 16.6. The molecule has 19 heavy (non-hydrogen) atoms. The van der Waals surface area contributed by atoms with E-state index < -0.39 is 11.2 Å². The first-order valence-corrected chi connectivity index (χ1v) is 6.81. The molecule has 0 aliphatic carbocycles. The topological polar surface area (TPSA) is 60.0 Å². The highest BCUT2D eigenvalue weighted by Crippen LogP contribution is 2.20. The molecule has 0 unspecified atom stereocenters. The first-order valence-electron chi connectivity index (χ1n) is 6.81. The molecule has 1 amide bonds. The van der Waals surface area contributed by atoms with Crippen molar-refractivity contribution in [2.45, 2.75) is 32.0 Å². The molecular formula is C13H24N2O4. The molecule has 0 bridgehead atoms. The number of rotatable bonds is 0. The van der Waals surface area contributed by atoms with Crippen molar-refractivity contribution >= 4 is 6.09 Å². The van der Waals surface area contributed by atoms with Gasteiger partial charge in [0.1, 0.15) is 11.2 Å². The predicted molar refractivity (Wildman–Crippen MR) is 70.2 cm³/mol. The van der Waals surface area contributed by atoms with Gasteiger partial charge in [-0.1, -0.05) is 0 Å². The van der Waals surface area contributed by atoms with E-state index >= 15 is 0 Å². The van der Waals surface area contributed by atoms with Crippen molar-refractivity contribution in [2.24, 2.45) is 0 Å². The molecule has 1 spiro atoms. The third-order valence-corrected chi connectivity index (χ3v) is 3.14. The van der Waals surface area contributed by atoms with E-state index in [2.05, 4.69) is 5.32 Å². The fourth-order valence-electron chi connectivity index (χ4n) is 2.29. The van der Waals surface area contributed by atoms with Gasteiger partial charge in [0.15, 0.2) is 0 Å². The van der Waals surface area contributed by atoms with Gasteiger partial charge < -0.3 is 24.4 Å². The summed E-state index contributed by atoms with van der Waals surface area (Å²) in [4.78, 5) is 13.9. The Bertz CT molecular complexity index is 321. The average molecular weight is 272 g/mol. The Kier molecular flexibility index (Phi) is 4.32. The summed E-state index contributed by atoms with van der Waals surface area (Å²) in [5.74, 6) is 0. The Morgan fingerprint density at radius 2 is 2.16 bits per heavy atom. The molecule has 0 aromatic heterocycles. The van der Waals surface area contributed by atoms with Crippen molar-refractivity contribution in [1.82, 2.24) is 10.2 Å². The third kappa shape index (κ3) is 4.06. The van der Waals surface area contributed by atoms with E-state index in [0.717, 1.165) is 6.54 Å². The van der Waals surface area contributed by atoms with Gasteiger partial charge in [-0.3, -0.25) is 0 Å². The van der Waals surface area contributed by atoms with Crippen LogP contribution in [0.4, 0.5) is 4.79 Å². The lowest BCUT2D eigenvalue weighted by Gasteiger charge is -2.38. The number of carbonyl (C=O) groups excluding carboxylic acids is 1. The van der Waals surface area contributed by atoms with E-state index in [9.17, 15) is 4.79 Å². The molecule has 0 radical (unpaired) electrons. The van der Waals surface area contributed by atoms with Crippen molar-refractivity contribution in [2.75, 3.05) is 46.0 Å². The van der Waals surface area contributed by atoms with Gasteiger partial charge in [-0.15, -0.1) is 0 Å². The molecule has 2 aliphatic rings. The van der Waals surface area contributed by atoms with Gasteiger partial charge in [0, 0.05) is 19.6 Å². The summed E-state index contributed by atoms with van der Waals surface area (Å²) in [7, 11) is 0. The van der Waals surface area contributed by atoms with Crippen LogP contribution in [0.25, 0.3) is 0 Å². The minimum absolute atomic E-state index is 0.299. The third-order valence-electron chi connectivity index (χ3n) is 3.14. The number of ether oxygens (including phenoxy) is 3. The van der Waals surface area contributed by atoms with Crippen LogP contribution in [0.5, 0.6) is 0 Å². The summed E-state index contributed by atoms with van der Waals surface area (Å²) < 4.78 is 16.9. The van der Waals surface area contributed by atoms with Crippen molar-refractivity contribution in [3.8, 4) is 0 Å². The van der Waals surface area contributed by atoms with Gasteiger partial charge in [0.25, 0.3) is 0 Å². The van der Waals surface area contributed by atoms with Crippen LogP contribution >= 0.6 is 0 Å². The molecule has 1 N–H and O–H groups in total.